The van der Waals surface area contributed by atoms with Gasteiger partial charge in [-0.25, -0.2) is 0 Å². The molecule has 0 aromatic rings. The Balaban J connectivity index is 2.13. The number of esters is 1. The summed E-state index contributed by atoms with van der Waals surface area (Å²) < 4.78 is 12.5. The van der Waals surface area contributed by atoms with E-state index in [2.05, 4.69) is 33.9 Å². The number of nitrogens with zero attached hydrogens (tertiary/aromatic N) is 2. The highest BCUT2D eigenvalue weighted by Gasteiger charge is 2.81. The molecule has 2 bridgehead atoms. The van der Waals surface area contributed by atoms with Gasteiger partial charge in [0.15, 0.2) is 0 Å². The first kappa shape index (κ1) is 32.3. The molecule has 0 aromatic heterocycles. The highest BCUT2D eigenvalue weighted by molar-refractivity contribution is 5.99. The molecule has 40 heavy (non-hydrogen) atoms. The van der Waals surface area contributed by atoms with E-state index < -0.39 is 46.6 Å². The second-order valence-electron chi connectivity index (χ2n) is 14.1. The molecule has 1 N–H and O–H groups in total. The molecule has 3 rings (SSSR count). The minimum absolute atomic E-state index is 0.0585. The Morgan fingerprint density at radius 2 is 1.90 bits per heavy atom. The second kappa shape index (κ2) is 11.6. The van der Waals surface area contributed by atoms with Crippen molar-refractivity contribution in [2.75, 3.05) is 19.8 Å². The van der Waals surface area contributed by atoms with Gasteiger partial charge >= 0.3 is 5.97 Å². The van der Waals surface area contributed by atoms with Gasteiger partial charge in [0.2, 0.25) is 11.8 Å². The molecule has 8 nitrogen and oxygen atoms in total. The van der Waals surface area contributed by atoms with Gasteiger partial charge in [0.05, 0.1) is 30.8 Å². The van der Waals surface area contributed by atoms with Crippen LogP contribution in [0.1, 0.15) is 87.5 Å². The van der Waals surface area contributed by atoms with Crippen molar-refractivity contribution in [2.24, 2.45) is 23.2 Å². The summed E-state index contributed by atoms with van der Waals surface area (Å²) in [5, 5.41) is 10.4. The van der Waals surface area contributed by atoms with Gasteiger partial charge in [0.1, 0.15) is 17.6 Å². The van der Waals surface area contributed by atoms with Crippen LogP contribution in [0.2, 0.25) is 0 Å². The number of likely N-dealkylation sites (tertiary alicyclic amines) is 1. The monoisotopic (exact) mass is 560 g/mol. The van der Waals surface area contributed by atoms with Crippen LogP contribution in [0.15, 0.2) is 25.3 Å². The van der Waals surface area contributed by atoms with Crippen molar-refractivity contribution in [1.29, 1.82) is 0 Å². The van der Waals surface area contributed by atoms with E-state index >= 15 is 0 Å². The van der Waals surface area contributed by atoms with Gasteiger partial charge < -0.3 is 24.4 Å². The van der Waals surface area contributed by atoms with Gasteiger partial charge in [0.25, 0.3) is 0 Å². The quantitative estimate of drug-likeness (QED) is 0.202. The van der Waals surface area contributed by atoms with E-state index in [1.807, 2.05) is 39.5 Å². The lowest BCUT2D eigenvalue weighted by molar-refractivity contribution is -0.165. The first-order valence-corrected chi connectivity index (χ1v) is 14.9. The Labute approximate surface area is 241 Å². The van der Waals surface area contributed by atoms with Crippen LogP contribution in [0.4, 0.5) is 0 Å². The smallest absolute Gasteiger partial charge is 0.312 e. The summed E-state index contributed by atoms with van der Waals surface area (Å²) in [6, 6.07) is -1.54. The summed E-state index contributed by atoms with van der Waals surface area (Å²) in [6.07, 6.45) is 6.51. The summed E-state index contributed by atoms with van der Waals surface area (Å²) in [4.78, 5) is 46.2. The van der Waals surface area contributed by atoms with E-state index in [-0.39, 0.29) is 36.4 Å². The lowest BCUT2D eigenvalue weighted by atomic mass is 9.62. The minimum Gasteiger partial charge on any atom is -0.465 e. The average Bonchev–Trinajstić information content (AvgIpc) is 3.36. The first-order chi connectivity index (χ1) is 18.6. The molecule has 1 spiro atoms. The van der Waals surface area contributed by atoms with Gasteiger partial charge in [-0.1, -0.05) is 46.8 Å². The third-order valence-electron chi connectivity index (χ3n) is 9.38. The van der Waals surface area contributed by atoms with Crippen LogP contribution >= 0.6 is 0 Å². The Hall–Kier alpha value is -2.19. The van der Waals surface area contributed by atoms with Gasteiger partial charge in [-0.3, -0.25) is 14.4 Å². The third-order valence-corrected chi connectivity index (χ3v) is 9.38. The fourth-order valence-corrected chi connectivity index (χ4v) is 7.92. The third kappa shape index (κ3) is 5.38. The van der Waals surface area contributed by atoms with Crippen molar-refractivity contribution in [2.45, 2.75) is 116 Å². The van der Waals surface area contributed by atoms with E-state index in [9.17, 15) is 19.5 Å². The number of allylic oxidation sites excluding steroid dienone is 1. The van der Waals surface area contributed by atoms with E-state index in [0.29, 0.717) is 25.8 Å². The largest absolute Gasteiger partial charge is 0.465 e. The summed E-state index contributed by atoms with van der Waals surface area (Å²) in [5.41, 5.74) is -2.74. The van der Waals surface area contributed by atoms with E-state index in [1.165, 1.54) is 0 Å². The highest BCUT2D eigenvalue weighted by atomic mass is 16.6. The van der Waals surface area contributed by atoms with E-state index in [0.717, 1.165) is 12.8 Å². The lowest BCUT2D eigenvalue weighted by Gasteiger charge is -2.46. The predicted octanol–water partition coefficient (Wildman–Crippen LogP) is 4.51. The maximum absolute atomic E-state index is 14.8. The maximum atomic E-state index is 14.8. The number of unbranched alkanes of at least 4 members (excludes halogenated alkanes) is 1. The number of amides is 2. The van der Waals surface area contributed by atoms with Crippen molar-refractivity contribution >= 4 is 17.8 Å². The number of hydrogen-bond donors (Lipinski definition) is 1. The van der Waals surface area contributed by atoms with Gasteiger partial charge in [0, 0.05) is 12.1 Å². The van der Waals surface area contributed by atoms with Crippen LogP contribution in [0, 0.1) is 23.2 Å². The topological polar surface area (TPSA) is 96.4 Å². The molecule has 3 saturated heterocycles. The Bertz CT molecular complexity index is 998. The zero-order valence-corrected chi connectivity index (χ0v) is 26.0. The molecule has 0 aromatic carbocycles. The molecule has 3 heterocycles. The van der Waals surface area contributed by atoms with Crippen LogP contribution in [0.5, 0.6) is 0 Å². The summed E-state index contributed by atoms with van der Waals surface area (Å²) >= 11 is 0. The molecule has 7 atom stereocenters. The van der Waals surface area contributed by atoms with E-state index in [1.54, 1.807) is 17.1 Å². The second-order valence-corrected chi connectivity index (χ2v) is 14.1. The van der Waals surface area contributed by atoms with Crippen molar-refractivity contribution in [3.8, 4) is 0 Å². The Kier molecular flexibility index (Phi) is 9.37. The fourth-order valence-electron chi connectivity index (χ4n) is 7.92. The molecule has 226 valence electrons. The SMILES string of the molecule is C=CCCCOC(=O)[C@@H]1[C@H]2C(=O)N([C@@H](CC)CO)C(C(=O)N(CC=C)C(C)(C)CC(C)(C)C)C23CC(C)[C@@]1(C)O3. The number of aliphatic hydroxyl groups excluding tert-OH is 1. The van der Waals surface area contributed by atoms with Gasteiger partial charge in [-0.15, -0.1) is 13.2 Å². The fraction of sp³-hybridized carbons (Fsp3) is 0.781. The number of rotatable bonds is 13. The predicted molar refractivity (Wildman–Crippen MR) is 155 cm³/mol. The molecule has 0 radical (unpaired) electrons. The number of aliphatic hydroxyl groups is 1. The van der Waals surface area contributed by atoms with Crippen LogP contribution in [-0.4, -0.2) is 81.3 Å². The molecular formula is C32H52N2O6. The van der Waals surface area contributed by atoms with Crippen molar-refractivity contribution in [3.05, 3.63) is 25.3 Å². The molecule has 8 heteroatoms. The molecule has 2 amide bonds. The summed E-state index contributed by atoms with van der Waals surface area (Å²) in [7, 11) is 0. The Morgan fingerprint density at radius 1 is 1.25 bits per heavy atom. The zero-order valence-electron chi connectivity index (χ0n) is 26.0. The standard InChI is InChI=1S/C32H52N2O6/c1-11-14-15-17-39-28(38)24-23-26(36)34(22(13-3)19-35)25(32(23)18-21(4)31(24,10)40-32)27(37)33(16-12-2)30(8,9)20-29(5,6)7/h11-12,21-25,35H,1-2,13-20H2,3-10H3/t21?,22-,23-,24-,25?,31+,32?/m0/s1. The molecule has 0 aliphatic carbocycles. The molecule has 3 unspecified atom stereocenters. The van der Waals surface area contributed by atoms with Crippen molar-refractivity contribution in [3.63, 3.8) is 0 Å². The Morgan fingerprint density at radius 3 is 2.42 bits per heavy atom. The van der Waals surface area contributed by atoms with Crippen LogP contribution in [0.3, 0.4) is 0 Å². The summed E-state index contributed by atoms with van der Waals surface area (Å²) in [5.74, 6) is -2.77. The van der Waals surface area contributed by atoms with E-state index in [4.69, 9.17) is 9.47 Å². The number of carbonyl (C=O) groups is 3. The molecular weight excluding hydrogens is 508 g/mol. The molecule has 0 saturated carbocycles. The zero-order chi connectivity index (χ0) is 30.3. The molecule has 3 aliphatic rings. The number of hydrogen-bond acceptors (Lipinski definition) is 6. The highest BCUT2D eigenvalue weighted by Crippen LogP contribution is 2.66. The summed E-state index contributed by atoms with van der Waals surface area (Å²) in [6.45, 7) is 24.2. The van der Waals surface area contributed by atoms with Crippen LogP contribution in [-0.2, 0) is 23.9 Å². The lowest BCUT2D eigenvalue weighted by Crippen LogP contribution is -2.62. The van der Waals surface area contributed by atoms with Crippen LogP contribution < -0.4 is 0 Å². The normalized spacial score (nSPS) is 32.1. The number of carbonyl (C=O) groups excluding carboxylic acids is 3. The molecule has 3 aliphatic heterocycles. The maximum Gasteiger partial charge on any atom is 0.312 e. The average molecular weight is 561 g/mol. The molecule has 3 fully saturated rings. The first-order valence-electron chi connectivity index (χ1n) is 14.9. The van der Waals surface area contributed by atoms with Crippen molar-refractivity contribution < 1.29 is 29.0 Å². The van der Waals surface area contributed by atoms with Gasteiger partial charge in [-0.2, -0.15) is 0 Å². The van der Waals surface area contributed by atoms with Crippen molar-refractivity contribution in [1.82, 2.24) is 9.80 Å². The minimum atomic E-state index is -1.19. The van der Waals surface area contributed by atoms with Crippen LogP contribution in [0.25, 0.3) is 0 Å². The number of ether oxygens (including phenoxy) is 2. The number of fused-ring (bicyclic) bond motifs is 1. The van der Waals surface area contributed by atoms with Gasteiger partial charge in [-0.05, 0) is 64.2 Å².